The maximum Gasteiger partial charge on any atom is 0.0594 e. The molecule has 2 rings (SSSR count). The number of thioether (sulfide) groups is 1. The molecule has 0 aromatic heterocycles. The molecular weight excluding hydrogens is 206 g/mol. The molecule has 2 nitrogen and oxygen atoms in total. The van der Waals surface area contributed by atoms with Crippen LogP contribution in [0.5, 0.6) is 0 Å². The lowest BCUT2D eigenvalue weighted by Crippen LogP contribution is -2.40. The van der Waals surface area contributed by atoms with Crippen LogP contribution in [0.25, 0.3) is 0 Å². The van der Waals surface area contributed by atoms with Crippen molar-refractivity contribution in [3.05, 3.63) is 30.3 Å². The van der Waals surface area contributed by atoms with Gasteiger partial charge in [0.05, 0.1) is 18.6 Å². The van der Waals surface area contributed by atoms with Crippen LogP contribution in [0.4, 0.5) is 0 Å². The zero-order chi connectivity index (χ0) is 10.5. The molecule has 1 aliphatic heterocycles. The average Bonchev–Trinajstić information content (AvgIpc) is 2.31. The van der Waals surface area contributed by atoms with Gasteiger partial charge in [0, 0.05) is 18.0 Å². The Morgan fingerprint density at radius 3 is 2.53 bits per heavy atom. The number of hydrogen-bond donors (Lipinski definition) is 0. The first-order chi connectivity index (χ1) is 7.36. The van der Waals surface area contributed by atoms with Crippen molar-refractivity contribution in [1.29, 1.82) is 0 Å². The van der Waals surface area contributed by atoms with Crippen LogP contribution < -0.4 is 0 Å². The van der Waals surface area contributed by atoms with Crippen molar-refractivity contribution in [2.75, 3.05) is 26.3 Å². The molecule has 82 valence electrons. The molecule has 3 heteroatoms. The van der Waals surface area contributed by atoms with Crippen LogP contribution in [0.1, 0.15) is 6.92 Å². The molecule has 1 aromatic carbocycles. The van der Waals surface area contributed by atoms with Crippen LogP contribution in [0, 0.1) is 0 Å². The molecule has 1 unspecified atom stereocenters. The standard InChI is InChI=1S/C12H17NOS/c1-11(13-7-9-14-10-8-13)15-12-5-3-2-4-6-12/h2-6,11H,7-10H2,1H3. The Morgan fingerprint density at radius 1 is 1.20 bits per heavy atom. The molecule has 0 spiro atoms. The van der Waals surface area contributed by atoms with E-state index < -0.39 is 0 Å². The average molecular weight is 223 g/mol. The Kier molecular flexibility index (Phi) is 4.06. The second kappa shape index (κ2) is 5.54. The maximum atomic E-state index is 5.35. The van der Waals surface area contributed by atoms with Gasteiger partial charge >= 0.3 is 0 Å². The Bertz CT molecular complexity index is 285. The molecule has 1 aromatic rings. The van der Waals surface area contributed by atoms with Gasteiger partial charge in [0.2, 0.25) is 0 Å². The van der Waals surface area contributed by atoms with Gasteiger partial charge in [-0.3, -0.25) is 4.90 Å². The van der Waals surface area contributed by atoms with E-state index in [-0.39, 0.29) is 0 Å². The van der Waals surface area contributed by atoms with Crippen LogP contribution in [-0.2, 0) is 4.74 Å². The molecule has 0 radical (unpaired) electrons. The number of ether oxygens (including phenoxy) is 1. The summed E-state index contributed by atoms with van der Waals surface area (Å²) in [5.41, 5.74) is 0. The van der Waals surface area contributed by atoms with Crippen LogP contribution >= 0.6 is 11.8 Å². The molecule has 1 heterocycles. The van der Waals surface area contributed by atoms with E-state index in [0.29, 0.717) is 5.37 Å². The summed E-state index contributed by atoms with van der Waals surface area (Å²) < 4.78 is 5.35. The summed E-state index contributed by atoms with van der Waals surface area (Å²) in [4.78, 5) is 3.82. The Balaban J connectivity index is 1.88. The Hall–Kier alpha value is -0.510. The van der Waals surface area contributed by atoms with Crippen LogP contribution in [0.15, 0.2) is 35.2 Å². The Labute approximate surface area is 95.6 Å². The lowest BCUT2D eigenvalue weighted by molar-refractivity contribution is 0.0351. The van der Waals surface area contributed by atoms with E-state index in [1.807, 2.05) is 11.8 Å². The van der Waals surface area contributed by atoms with Gasteiger partial charge in [-0.25, -0.2) is 0 Å². The van der Waals surface area contributed by atoms with Gasteiger partial charge in [-0.05, 0) is 19.1 Å². The smallest absolute Gasteiger partial charge is 0.0594 e. The number of benzene rings is 1. The van der Waals surface area contributed by atoms with Crippen LogP contribution in [0.3, 0.4) is 0 Å². The van der Waals surface area contributed by atoms with Gasteiger partial charge in [0.15, 0.2) is 0 Å². The fourth-order valence-corrected chi connectivity index (χ4v) is 2.78. The molecule has 0 N–H and O–H groups in total. The Morgan fingerprint density at radius 2 is 1.87 bits per heavy atom. The zero-order valence-electron chi connectivity index (χ0n) is 9.06. The predicted molar refractivity (Wildman–Crippen MR) is 64.2 cm³/mol. The number of morpholine rings is 1. The van der Waals surface area contributed by atoms with E-state index in [4.69, 9.17) is 4.74 Å². The summed E-state index contributed by atoms with van der Waals surface area (Å²) in [6, 6.07) is 10.6. The van der Waals surface area contributed by atoms with Gasteiger partial charge in [-0.15, -0.1) is 11.8 Å². The topological polar surface area (TPSA) is 12.5 Å². The van der Waals surface area contributed by atoms with Crippen molar-refractivity contribution in [2.45, 2.75) is 17.2 Å². The highest BCUT2D eigenvalue weighted by molar-refractivity contribution is 7.99. The highest BCUT2D eigenvalue weighted by atomic mass is 32.2. The van der Waals surface area contributed by atoms with Crippen molar-refractivity contribution in [1.82, 2.24) is 4.90 Å². The number of hydrogen-bond acceptors (Lipinski definition) is 3. The van der Waals surface area contributed by atoms with E-state index in [2.05, 4.69) is 42.2 Å². The highest BCUT2D eigenvalue weighted by Crippen LogP contribution is 2.25. The second-order valence-corrected chi connectivity index (χ2v) is 5.07. The quantitative estimate of drug-likeness (QED) is 0.730. The molecule has 1 atom stereocenters. The molecule has 1 saturated heterocycles. The summed E-state index contributed by atoms with van der Waals surface area (Å²) in [5.74, 6) is 0. The molecular formula is C12H17NOS. The third-order valence-corrected chi connectivity index (χ3v) is 3.79. The molecule has 1 fully saturated rings. The van der Waals surface area contributed by atoms with Crippen LogP contribution in [-0.4, -0.2) is 36.6 Å². The normalized spacial score (nSPS) is 20.1. The fourth-order valence-electron chi connectivity index (χ4n) is 1.71. The van der Waals surface area contributed by atoms with E-state index in [1.165, 1.54) is 4.90 Å². The minimum Gasteiger partial charge on any atom is -0.379 e. The van der Waals surface area contributed by atoms with E-state index in [0.717, 1.165) is 26.3 Å². The largest absolute Gasteiger partial charge is 0.379 e. The number of nitrogens with zero attached hydrogens (tertiary/aromatic N) is 1. The van der Waals surface area contributed by atoms with Gasteiger partial charge in [-0.1, -0.05) is 18.2 Å². The second-order valence-electron chi connectivity index (χ2n) is 3.68. The van der Waals surface area contributed by atoms with E-state index in [1.54, 1.807) is 0 Å². The minimum atomic E-state index is 0.538. The third-order valence-electron chi connectivity index (χ3n) is 2.61. The monoisotopic (exact) mass is 223 g/mol. The molecule has 0 saturated carbocycles. The zero-order valence-corrected chi connectivity index (χ0v) is 9.87. The van der Waals surface area contributed by atoms with Crippen LogP contribution in [0.2, 0.25) is 0 Å². The van der Waals surface area contributed by atoms with Crippen molar-refractivity contribution in [3.8, 4) is 0 Å². The summed E-state index contributed by atoms with van der Waals surface area (Å²) >= 11 is 1.92. The molecule has 0 bridgehead atoms. The number of rotatable bonds is 3. The summed E-state index contributed by atoms with van der Waals surface area (Å²) in [5, 5.41) is 0.538. The highest BCUT2D eigenvalue weighted by Gasteiger charge is 2.17. The molecule has 1 aliphatic rings. The van der Waals surface area contributed by atoms with Crippen molar-refractivity contribution in [3.63, 3.8) is 0 Å². The summed E-state index contributed by atoms with van der Waals surface area (Å²) in [6.07, 6.45) is 0. The fraction of sp³-hybridized carbons (Fsp3) is 0.500. The van der Waals surface area contributed by atoms with Gasteiger partial charge in [-0.2, -0.15) is 0 Å². The minimum absolute atomic E-state index is 0.538. The van der Waals surface area contributed by atoms with Crippen molar-refractivity contribution in [2.24, 2.45) is 0 Å². The third kappa shape index (κ3) is 3.23. The van der Waals surface area contributed by atoms with Crippen molar-refractivity contribution < 1.29 is 4.74 Å². The molecule has 0 amide bonds. The maximum absolute atomic E-state index is 5.35. The SMILES string of the molecule is CC(Sc1ccccc1)N1CCOCC1. The van der Waals surface area contributed by atoms with Gasteiger partial charge in [0.25, 0.3) is 0 Å². The lowest BCUT2D eigenvalue weighted by atomic mass is 10.4. The van der Waals surface area contributed by atoms with Gasteiger partial charge < -0.3 is 4.74 Å². The molecule has 0 aliphatic carbocycles. The summed E-state index contributed by atoms with van der Waals surface area (Å²) in [6.45, 7) is 6.13. The molecule has 15 heavy (non-hydrogen) atoms. The first-order valence-corrected chi connectivity index (χ1v) is 6.28. The summed E-state index contributed by atoms with van der Waals surface area (Å²) in [7, 11) is 0. The van der Waals surface area contributed by atoms with E-state index >= 15 is 0 Å². The first kappa shape index (κ1) is 11.0. The van der Waals surface area contributed by atoms with E-state index in [9.17, 15) is 0 Å². The van der Waals surface area contributed by atoms with Crippen molar-refractivity contribution >= 4 is 11.8 Å². The predicted octanol–water partition coefficient (Wildman–Crippen LogP) is 2.46. The first-order valence-electron chi connectivity index (χ1n) is 5.40. The lowest BCUT2D eigenvalue weighted by Gasteiger charge is -2.31. The van der Waals surface area contributed by atoms with Gasteiger partial charge in [0.1, 0.15) is 0 Å².